The first-order valence-electron chi connectivity index (χ1n) is 3.60. The summed E-state index contributed by atoms with van der Waals surface area (Å²) in [5.41, 5.74) is 3.67. The molecule has 4 N–H and O–H groups in total. The lowest BCUT2D eigenvalue weighted by Gasteiger charge is -2.02. The maximum absolute atomic E-state index is 12.7. The second kappa shape index (κ2) is 5.59. The number of carbonyl (C=O) groups is 2. The van der Waals surface area contributed by atoms with Gasteiger partial charge in [-0.2, -0.15) is 4.39 Å². The van der Waals surface area contributed by atoms with E-state index < -0.39 is 34.7 Å². The van der Waals surface area contributed by atoms with Crippen LogP contribution in [-0.2, 0) is 4.79 Å². The fourth-order valence-electron chi connectivity index (χ4n) is 0.765. The van der Waals surface area contributed by atoms with Crippen LogP contribution in [0.3, 0.4) is 0 Å². The number of benzene rings is 1. The number of aromatic hydroxyl groups is 1. The molecule has 0 aliphatic heterocycles. The van der Waals surface area contributed by atoms with Gasteiger partial charge in [0, 0.05) is 0 Å². The van der Waals surface area contributed by atoms with E-state index in [0.717, 1.165) is 0 Å². The highest BCUT2D eigenvalue weighted by Gasteiger charge is 2.20. The minimum absolute atomic E-state index is 0.250. The molecule has 0 spiro atoms. The molecular weight excluding hydrogens is 231 g/mol. The van der Waals surface area contributed by atoms with Crippen LogP contribution in [0.5, 0.6) is 5.75 Å². The summed E-state index contributed by atoms with van der Waals surface area (Å²) in [4.78, 5) is 18.8. The van der Waals surface area contributed by atoms with Gasteiger partial charge in [0.05, 0.1) is 5.56 Å². The third-order valence-electron chi connectivity index (χ3n) is 1.40. The SMILES string of the molecule is NC(=O)c1cc(F)c(O)c(F)c1F.O=CO. The Morgan fingerprint density at radius 2 is 1.75 bits per heavy atom. The Labute approximate surface area is 86.9 Å². The smallest absolute Gasteiger partial charge is 0.290 e. The molecule has 0 radical (unpaired) electrons. The summed E-state index contributed by atoms with van der Waals surface area (Å²) in [6.45, 7) is -0.250. The van der Waals surface area contributed by atoms with Crippen LogP contribution < -0.4 is 5.73 Å². The third kappa shape index (κ3) is 2.87. The molecule has 16 heavy (non-hydrogen) atoms. The molecule has 88 valence electrons. The van der Waals surface area contributed by atoms with Crippen molar-refractivity contribution in [2.45, 2.75) is 0 Å². The molecule has 5 nitrogen and oxygen atoms in total. The molecule has 0 aromatic heterocycles. The highest BCUT2D eigenvalue weighted by atomic mass is 19.2. The van der Waals surface area contributed by atoms with Crippen molar-refractivity contribution >= 4 is 12.4 Å². The van der Waals surface area contributed by atoms with E-state index in [2.05, 4.69) is 5.73 Å². The van der Waals surface area contributed by atoms with Gasteiger partial charge in [-0.15, -0.1) is 0 Å². The Balaban J connectivity index is 0.000000673. The highest BCUT2D eigenvalue weighted by molar-refractivity contribution is 5.93. The van der Waals surface area contributed by atoms with Crippen molar-refractivity contribution in [1.82, 2.24) is 0 Å². The van der Waals surface area contributed by atoms with Crippen molar-refractivity contribution in [2.75, 3.05) is 0 Å². The molecule has 1 aromatic carbocycles. The maximum Gasteiger partial charge on any atom is 0.290 e. The Hall–Kier alpha value is -2.25. The highest BCUT2D eigenvalue weighted by Crippen LogP contribution is 2.24. The lowest BCUT2D eigenvalue weighted by molar-refractivity contribution is -0.122. The van der Waals surface area contributed by atoms with Gasteiger partial charge < -0.3 is 15.9 Å². The molecule has 1 amide bonds. The number of phenolic OH excluding ortho intramolecular Hbond substituents is 1. The van der Waals surface area contributed by atoms with Crippen molar-refractivity contribution in [3.05, 3.63) is 29.1 Å². The second-order valence-corrected chi connectivity index (χ2v) is 2.35. The van der Waals surface area contributed by atoms with Crippen LogP contribution in [0.1, 0.15) is 10.4 Å². The van der Waals surface area contributed by atoms with Gasteiger partial charge in [0.15, 0.2) is 17.4 Å². The van der Waals surface area contributed by atoms with Gasteiger partial charge in [-0.1, -0.05) is 0 Å². The lowest BCUT2D eigenvalue weighted by Crippen LogP contribution is -2.14. The second-order valence-electron chi connectivity index (χ2n) is 2.35. The van der Waals surface area contributed by atoms with E-state index in [9.17, 15) is 18.0 Å². The van der Waals surface area contributed by atoms with E-state index in [0.29, 0.717) is 6.07 Å². The van der Waals surface area contributed by atoms with Crippen molar-refractivity contribution in [2.24, 2.45) is 5.73 Å². The normalized spacial score (nSPS) is 8.94. The van der Waals surface area contributed by atoms with Gasteiger partial charge in [0.2, 0.25) is 5.82 Å². The topological polar surface area (TPSA) is 101 Å². The first-order valence-corrected chi connectivity index (χ1v) is 3.60. The summed E-state index contributed by atoms with van der Waals surface area (Å²) in [6.07, 6.45) is 0. The predicted octanol–water partition coefficient (Wildman–Crippen LogP) is 0.609. The molecule has 1 aromatic rings. The fraction of sp³-hybridized carbons (Fsp3) is 0. The van der Waals surface area contributed by atoms with E-state index in [1.807, 2.05) is 0 Å². The summed E-state index contributed by atoms with van der Waals surface area (Å²) in [7, 11) is 0. The van der Waals surface area contributed by atoms with Gasteiger partial charge >= 0.3 is 0 Å². The standard InChI is InChI=1S/C7H4F3NO2.CH2O2/c8-3-1-2(7(11)13)4(9)5(10)6(3)12;2-1-3/h1,12H,(H2,11,13);1H,(H,2,3). The number of nitrogens with two attached hydrogens (primary N) is 1. The number of hydrogen-bond acceptors (Lipinski definition) is 3. The molecule has 0 fully saturated rings. The number of carbonyl (C=O) groups excluding carboxylic acids is 1. The fourth-order valence-corrected chi connectivity index (χ4v) is 0.765. The van der Waals surface area contributed by atoms with E-state index in [4.69, 9.17) is 15.0 Å². The van der Waals surface area contributed by atoms with Crippen molar-refractivity contribution in [3.63, 3.8) is 0 Å². The van der Waals surface area contributed by atoms with Crippen molar-refractivity contribution < 1.29 is 33.0 Å². The first-order chi connectivity index (χ1) is 7.36. The lowest BCUT2D eigenvalue weighted by atomic mass is 10.2. The molecule has 0 bridgehead atoms. The number of carboxylic acid groups (broad SMARTS) is 1. The van der Waals surface area contributed by atoms with Crippen LogP contribution in [0.2, 0.25) is 0 Å². The molecule has 0 atom stereocenters. The van der Waals surface area contributed by atoms with Crippen LogP contribution in [0.4, 0.5) is 13.2 Å². The van der Waals surface area contributed by atoms with Crippen LogP contribution in [-0.4, -0.2) is 22.6 Å². The van der Waals surface area contributed by atoms with Crippen LogP contribution in [0.25, 0.3) is 0 Å². The van der Waals surface area contributed by atoms with Gasteiger partial charge in [-0.05, 0) is 6.07 Å². The minimum atomic E-state index is -1.83. The zero-order valence-electron chi connectivity index (χ0n) is 7.58. The van der Waals surface area contributed by atoms with E-state index in [1.54, 1.807) is 0 Å². The molecule has 0 aliphatic carbocycles. The molecule has 0 saturated carbocycles. The summed E-state index contributed by atoms with van der Waals surface area (Å²) in [5, 5.41) is 15.4. The predicted molar refractivity (Wildman–Crippen MR) is 45.2 cm³/mol. The minimum Gasteiger partial charge on any atom is -0.503 e. The molecule has 8 heteroatoms. The van der Waals surface area contributed by atoms with Crippen molar-refractivity contribution in [3.8, 4) is 5.75 Å². The van der Waals surface area contributed by atoms with Gasteiger partial charge in [-0.25, -0.2) is 8.78 Å². The number of phenols is 1. The van der Waals surface area contributed by atoms with Crippen LogP contribution in [0, 0.1) is 17.5 Å². The number of amides is 1. The average Bonchev–Trinajstić information content (AvgIpc) is 2.21. The van der Waals surface area contributed by atoms with Gasteiger partial charge in [-0.3, -0.25) is 9.59 Å². The largest absolute Gasteiger partial charge is 0.503 e. The molecule has 1 rings (SSSR count). The third-order valence-corrected chi connectivity index (χ3v) is 1.40. The van der Waals surface area contributed by atoms with Gasteiger partial charge in [0.1, 0.15) is 0 Å². The van der Waals surface area contributed by atoms with Crippen LogP contribution in [0.15, 0.2) is 6.07 Å². The Morgan fingerprint density at radius 3 is 2.12 bits per heavy atom. The number of hydrogen-bond donors (Lipinski definition) is 3. The molecule has 0 heterocycles. The number of primary amides is 1. The monoisotopic (exact) mass is 237 g/mol. The summed E-state index contributed by atoms with van der Waals surface area (Å²) in [5.74, 6) is -7.70. The average molecular weight is 237 g/mol. The zero-order valence-corrected chi connectivity index (χ0v) is 7.58. The summed E-state index contributed by atoms with van der Waals surface area (Å²) in [6, 6.07) is 0.329. The molecule has 0 aliphatic rings. The van der Waals surface area contributed by atoms with E-state index in [1.165, 1.54) is 0 Å². The Bertz CT molecular complexity index is 422. The van der Waals surface area contributed by atoms with Crippen molar-refractivity contribution in [1.29, 1.82) is 0 Å². The van der Waals surface area contributed by atoms with E-state index >= 15 is 0 Å². The Kier molecular flexibility index (Phi) is 4.80. The molecule has 0 unspecified atom stereocenters. The summed E-state index contributed by atoms with van der Waals surface area (Å²) < 4.78 is 37.7. The quantitative estimate of drug-likeness (QED) is 0.492. The number of halogens is 3. The van der Waals surface area contributed by atoms with E-state index in [-0.39, 0.29) is 6.47 Å². The molecule has 0 saturated heterocycles. The first kappa shape index (κ1) is 13.8. The summed E-state index contributed by atoms with van der Waals surface area (Å²) >= 11 is 0. The zero-order chi connectivity index (χ0) is 12.9. The maximum atomic E-state index is 12.7. The number of rotatable bonds is 1. The Morgan fingerprint density at radius 1 is 1.31 bits per heavy atom. The molecular formula is C8H6F3NO4. The van der Waals surface area contributed by atoms with Crippen LogP contribution >= 0.6 is 0 Å². The van der Waals surface area contributed by atoms with Gasteiger partial charge in [0.25, 0.3) is 12.4 Å².